The van der Waals surface area contributed by atoms with Gasteiger partial charge in [-0.3, -0.25) is 0 Å². The van der Waals surface area contributed by atoms with Crippen LogP contribution >= 0.6 is 15.9 Å². The standard InChI is InChI=1S/C15H22BBrN2O2/c1-14(2)15(3,4)21-16(20-14)11(9-18)7-10-5-6-13(19)12(17)8-10/h5-8H,9,18-19H2,1-4H3. The van der Waals surface area contributed by atoms with E-state index >= 15 is 0 Å². The van der Waals surface area contributed by atoms with E-state index in [-0.39, 0.29) is 11.2 Å². The summed E-state index contributed by atoms with van der Waals surface area (Å²) in [4.78, 5) is 0. The molecule has 0 spiro atoms. The Morgan fingerprint density at radius 1 is 1.24 bits per heavy atom. The van der Waals surface area contributed by atoms with E-state index in [4.69, 9.17) is 20.8 Å². The molecule has 0 unspecified atom stereocenters. The number of anilines is 1. The van der Waals surface area contributed by atoms with E-state index < -0.39 is 7.12 Å². The van der Waals surface area contributed by atoms with Crippen LogP contribution in [0.25, 0.3) is 6.08 Å². The first-order valence-corrected chi connectivity index (χ1v) is 7.77. The minimum Gasteiger partial charge on any atom is -0.400 e. The van der Waals surface area contributed by atoms with E-state index in [1.807, 2.05) is 52.0 Å². The van der Waals surface area contributed by atoms with Gasteiger partial charge in [0.1, 0.15) is 0 Å². The summed E-state index contributed by atoms with van der Waals surface area (Å²) in [5.41, 5.74) is 13.6. The fraction of sp³-hybridized carbons (Fsp3) is 0.467. The van der Waals surface area contributed by atoms with Crippen molar-refractivity contribution in [2.45, 2.75) is 38.9 Å². The zero-order valence-corrected chi connectivity index (χ0v) is 14.5. The molecule has 0 aliphatic carbocycles. The SMILES string of the molecule is CC1(C)OB(C(=Cc2ccc(N)c(Br)c2)CN)OC1(C)C. The van der Waals surface area contributed by atoms with Gasteiger partial charge in [-0.15, -0.1) is 0 Å². The highest BCUT2D eigenvalue weighted by molar-refractivity contribution is 9.10. The summed E-state index contributed by atoms with van der Waals surface area (Å²) >= 11 is 3.43. The molecule has 21 heavy (non-hydrogen) atoms. The minimum absolute atomic E-state index is 0.367. The molecule has 0 amide bonds. The minimum atomic E-state index is -0.420. The Balaban J connectivity index is 2.28. The van der Waals surface area contributed by atoms with E-state index in [1.54, 1.807) is 0 Å². The number of hydrogen-bond acceptors (Lipinski definition) is 4. The van der Waals surface area contributed by atoms with Crippen molar-refractivity contribution in [3.05, 3.63) is 33.7 Å². The highest BCUT2D eigenvalue weighted by Gasteiger charge is 2.52. The van der Waals surface area contributed by atoms with Gasteiger partial charge in [0, 0.05) is 16.7 Å². The van der Waals surface area contributed by atoms with Gasteiger partial charge in [0.2, 0.25) is 0 Å². The molecule has 1 aliphatic heterocycles. The highest BCUT2D eigenvalue weighted by atomic mass is 79.9. The Bertz CT molecular complexity index is 557. The summed E-state index contributed by atoms with van der Waals surface area (Å²) < 4.78 is 12.9. The fourth-order valence-corrected chi connectivity index (χ4v) is 2.46. The van der Waals surface area contributed by atoms with Crippen molar-refractivity contribution >= 4 is 34.8 Å². The first-order chi connectivity index (χ1) is 9.66. The average Bonchev–Trinajstić information content (AvgIpc) is 2.59. The van der Waals surface area contributed by atoms with Crippen LogP contribution < -0.4 is 11.5 Å². The summed E-state index contributed by atoms with van der Waals surface area (Å²) in [5.74, 6) is 0. The normalized spacial score (nSPS) is 20.9. The Kier molecular flexibility index (Phi) is 4.54. The van der Waals surface area contributed by atoms with Crippen molar-refractivity contribution in [2.24, 2.45) is 5.73 Å². The van der Waals surface area contributed by atoms with Gasteiger partial charge in [0.15, 0.2) is 0 Å². The molecule has 1 aromatic rings. The predicted molar refractivity (Wildman–Crippen MR) is 91.7 cm³/mol. The van der Waals surface area contributed by atoms with Gasteiger partial charge < -0.3 is 20.8 Å². The van der Waals surface area contributed by atoms with E-state index in [9.17, 15) is 0 Å². The molecular weight excluding hydrogens is 331 g/mol. The number of halogens is 1. The molecule has 0 saturated carbocycles. The number of nitrogens with two attached hydrogens (primary N) is 2. The van der Waals surface area contributed by atoms with Crippen LogP contribution in [0.2, 0.25) is 0 Å². The fourth-order valence-electron chi connectivity index (χ4n) is 2.06. The molecule has 0 radical (unpaired) electrons. The second kappa shape index (κ2) is 5.76. The highest BCUT2D eigenvalue weighted by Crippen LogP contribution is 2.38. The summed E-state index contributed by atoms with van der Waals surface area (Å²) in [6, 6.07) is 5.76. The molecule has 1 aliphatic rings. The van der Waals surface area contributed by atoms with Crippen molar-refractivity contribution in [3.8, 4) is 0 Å². The summed E-state index contributed by atoms with van der Waals surface area (Å²) in [7, 11) is -0.420. The maximum absolute atomic E-state index is 6.04. The van der Waals surface area contributed by atoms with Gasteiger partial charge in [-0.05, 0) is 66.8 Å². The van der Waals surface area contributed by atoms with Crippen LogP contribution in [-0.4, -0.2) is 24.9 Å². The van der Waals surface area contributed by atoms with E-state index in [1.165, 1.54) is 0 Å². The Morgan fingerprint density at radius 3 is 2.29 bits per heavy atom. The molecule has 6 heteroatoms. The molecule has 0 bridgehead atoms. The number of rotatable bonds is 3. The predicted octanol–water partition coefficient (Wildman–Crippen LogP) is 3.00. The van der Waals surface area contributed by atoms with Crippen molar-refractivity contribution in [3.63, 3.8) is 0 Å². The second-order valence-corrected chi connectivity index (χ2v) is 7.15. The van der Waals surface area contributed by atoms with Crippen LogP contribution in [0.3, 0.4) is 0 Å². The average molecular weight is 353 g/mol. The van der Waals surface area contributed by atoms with Crippen LogP contribution in [0.5, 0.6) is 0 Å². The van der Waals surface area contributed by atoms with Crippen molar-refractivity contribution < 1.29 is 9.31 Å². The molecule has 2 rings (SSSR count). The van der Waals surface area contributed by atoms with Gasteiger partial charge in [-0.1, -0.05) is 12.1 Å². The Labute approximate surface area is 135 Å². The molecule has 1 fully saturated rings. The number of hydrogen-bond donors (Lipinski definition) is 2. The maximum atomic E-state index is 6.04. The van der Waals surface area contributed by atoms with E-state index in [2.05, 4.69) is 15.9 Å². The van der Waals surface area contributed by atoms with Crippen LogP contribution in [0.15, 0.2) is 28.1 Å². The Morgan fingerprint density at radius 2 is 1.81 bits per heavy atom. The molecule has 114 valence electrons. The van der Waals surface area contributed by atoms with Gasteiger partial charge in [0.05, 0.1) is 11.2 Å². The molecule has 1 heterocycles. The summed E-state index contributed by atoms with van der Waals surface area (Å²) in [6.07, 6.45) is 1.99. The second-order valence-electron chi connectivity index (χ2n) is 6.29. The summed E-state index contributed by atoms with van der Waals surface area (Å²) in [5, 5.41) is 0. The van der Waals surface area contributed by atoms with Crippen molar-refractivity contribution in [1.29, 1.82) is 0 Å². The topological polar surface area (TPSA) is 70.5 Å². The zero-order chi connectivity index (χ0) is 15.8. The molecule has 1 saturated heterocycles. The van der Waals surface area contributed by atoms with Crippen LogP contribution in [0.1, 0.15) is 33.3 Å². The van der Waals surface area contributed by atoms with Crippen molar-refractivity contribution in [2.75, 3.05) is 12.3 Å². The molecular formula is C15H22BBrN2O2. The molecule has 0 aromatic heterocycles. The lowest BCUT2D eigenvalue weighted by molar-refractivity contribution is 0.00578. The maximum Gasteiger partial charge on any atom is 0.491 e. The number of benzene rings is 1. The Hall–Kier alpha value is -0.815. The molecule has 4 N–H and O–H groups in total. The smallest absolute Gasteiger partial charge is 0.400 e. The molecule has 4 nitrogen and oxygen atoms in total. The first-order valence-electron chi connectivity index (χ1n) is 6.97. The lowest BCUT2D eigenvalue weighted by Gasteiger charge is -2.32. The third-order valence-electron chi connectivity index (χ3n) is 4.17. The largest absolute Gasteiger partial charge is 0.491 e. The zero-order valence-electron chi connectivity index (χ0n) is 12.9. The molecule has 1 aromatic carbocycles. The lowest BCUT2D eigenvalue weighted by atomic mass is 9.77. The van der Waals surface area contributed by atoms with E-state index in [0.29, 0.717) is 12.2 Å². The van der Waals surface area contributed by atoms with Gasteiger partial charge in [0.25, 0.3) is 0 Å². The third kappa shape index (κ3) is 3.34. The van der Waals surface area contributed by atoms with Gasteiger partial charge in [-0.2, -0.15) is 0 Å². The lowest BCUT2D eigenvalue weighted by Crippen LogP contribution is -2.41. The third-order valence-corrected chi connectivity index (χ3v) is 4.86. The van der Waals surface area contributed by atoms with Crippen molar-refractivity contribution in [1.82, 2.24) is 0 Å². The monoisotopic (exact) mass is 352 g/mol. The van der Waals surface area contributed by atoms with Gasteiger partial charge >= 0.3 is 7.12 Å². The quantitative estimate of drug-likeness (QED) is 0.648. The molecule has 0 atom stereocenters. The van der Waals surface area contributed by atoms with Crippen LogP contribution in [0, 0.1) is 0 Å². The van der Waals surface area contributed by atoms with Crippen LogP contribution in [0.4, 0.5) is 5.69 Å². The summed E-state index contributed by atoms with van der Waals surface area (Å²) in [6.45, 7) is 8.49. The first kappa shape index (κ1) is 16.6. The van der Waals surface area contributed by atoms with Gasteiger partial charge in [-0.25, -0.2) is 0 Å². The number of nitrogen functional groups attached to an aromatic ring is 1. The van der Waals surface area contributed by atoms with Crippen LogP contribution in [-0.2, 0) is 9.31 Å². The van der Waals surface area contributed by atoms with E-state index in [0.717, 1.165) is 15.5 Å².